The first-order valence-corrected chi connectivity index (χ1v) is 7.63. The lowest BCUT2D eigenvalue weighted by atomic mass is 9.42. The van der Waals surface area contributed by atoms with Crippen molar-refractivity contribution >= 4 is 17.3 Å². The molecule has 0 spiro atoms. The minimum Gasteiger partial charge on any atom is -0.380 e. The number of rotatable bonds is 1. The van der Waals surface area contributed by atoms with Crippen molar-refractivity contribution in [2.24, 2.45) is 11.3 Å². The fourth-order valence-electron chi connectivity index (χ4n) is 4.07. The van der Waals surface area contributed by atoms with Crippen molar-refractivity contribution in [1.29, 1.82) is 0 Å². The number of fused-ring (bicyclic) bond motifs is 1. The Morgan fingerprint density at radius 1 is 1.19 bits per heavy atom. The monoisotopic (exact) mass is 316 g/mol. The number of anilines is 1. The molecule has 114 valence electrons. The van der Waals surface area contributed by atoms with E-state index in [1.54, 1.807) is 0 Å². The van der Waals surface area contributed by atoms with Gasteiger partial charge in [-0.2, -0.15) is 13.2 Å². The Morgan fingerprint density at radius 2 is 1.90 bits per heavy atom. The number of nitrogens with one attached hydrogen (secondary N) is 2. The summed E-state index contributed by atoms with van der Waals surface area (Å²) in [5, 5.41) is 6.52. The van der Waals surface area contributed by atoms with E-state index in [1.807, 2.05) is 0 Å². The molecule has 1 aromatic rings. The summed E-state index contributed by atoms with van der Waals surface area (Å²) >= 11 is 6.00. The third-order valence-electron chi connectivity index (χ3n) is 5.35. The fraction of sp³-hybridized carbons (Fsp3) is 0.600. The summed E-state index contributed by atoms with van der Waals surface area (Å²) in [5.74, 6) is 0.880. The highest BCUT2D eigenvalue weighted by atomic mass is 35.5. The van der Waals surface area contributed by atoms with E-state index in [9.17, 15) is 13.2 Å². The molecule has 1 aliphatic heterocycles. The van der Waals surface area contributed by atoms with E-state index in [0.29, 0.717) is 17.5 Å². The average molecular weight is 317 g/mol. The summed E-state index contributed by atoms with van der Waals surface area (Å²) in [6, 6.07) is 2.89. The molecule has 2 nitrogen and oxygen atoms in total. The molecule has 4 aliphatic rings. The van der Waals surface area contributed by atoms with Gasteiger partial charge in [0.1, 0.15) is 0 Å². The smallest absolute Gasteiger partial charge is 0.380 e. The molecule has 0 saturated heterocycles. The largest absolute Gasteiger partial charge is 0.417 e. The molecule has 2 bridgehead atoms. The number of hydrogen-bond acceptors (Lipinski definition) is 2. The number of benzene rings is 1. The van der Waals surface area contributed by atoms with Crippen LogP contribution in [-0.4, -0.2) is 12.6 Å². The van der Waals surface area contributed by atoms with Crippen LogP contribution in [0.25, 0.3) is 0 Å². The highest BCUT2D eigenvalue weighted by Gasteiger charge is 2.60. The maximum absolute atomic E-state index is 12.9. The van der Waals surface area contributed by atoms with Crippen LogP contribution in [0.15, 0.2) is 12.1 Å². The lowest BCUT2D eigenvalue weighted by molar-refractivity contribution is -0.137. The number of hydrogen-bond donors (Lipinski definition) is 2. The summed E-state index contributed by atoms with van der Waals surface area (Å²) in [6.45, 7) is 1.15. The Balaban J connectivity index is 1.67. The quantitative estimate of drug-likeness (QED) is 0.817. The number of alkyl halides is 3. The van der Waals surface area contributed by atoms with Gasteiger partial charge in [0.15, 0.2) is 0 Å². The number of halogens is 4. The van der Waals surface area contributed by atoms with Gasteiger partial charge in [-0.1, -0.05) is 11.6 Å². The van der Waals surface area contributed by atoms with E-state index in [1.165, 1.54) is 25.3 Å². The molecule has 0 aromatic heterocycles. The summed E-state index contributed by atoms with van der Waals surface area (Å²) in [6.07, 6.45) is -0.673. The predicted octanol–water partition coefficient (Wildman–Crippen LogP) is 4.04. The summed E-state index contributed by atoms with van der Waals surface area (Å²) in [4.78, 5) is 0. The molecular formula is C15H16ClF3N2. The maximum atomic E-state index is 12.9. The van der Waals surface area contributed by atoms with Gasteiger partial charge in [-0.3, -0.25) is 0 Å². The second kappa shape index (κ2) is 4.29. The Hall–Kier alpha value is -0.940. The summed E-state index contributed by atoms with van der Waals surface area (Å²) in [7, 11) is 0. The van der Waals surface area contributed by atoms with E-state index in [4.69, 9.17) is 11.6 Å². The van der Waals surface area contributed by atoms with E-state index >= 15 is 0 Å². The molecule has 3 saturated carbocycles. The molecule has 0 unspecified atom stereocenters. The molecule has 3 fully saturated rings. The zero-order valence-electron chi connectivity index (χ0n) is 11.4. The van der Waals surface area contributed by atoms with Crippen molar-refractivity contribution in [3.63, 3.8) is 0 Å². The average Bonchev–Trinajstić information content (AvgIpc) is 2.46. The third-order valence-corrected chi connectivity index (χ3v) is 5.79. The molecule has 3 aliphatic carbocycles. The topological polar surface area (TPSA) is 24.1 Å². The van der Waals surface area contributed by atoms with Crippen molar-refractivity contribution in [2.45, 2.75) is 38.0 Å². The standard InChI is InChI=1S/C15H16ClF3N2/c16-13-9-6-20-7-12(14-3-8(4-14)5-14)21-11(9)2-1-10(13)15(17,18)19/h1-2,8,12,20-21H,3-7H2/t8?,12-,14?/m1/s1. The van der Waals surface area contributed by atoms with Crippen LogP contribution in [0, 0.1) is 11.3 Å². The van der Waals surface area contributed by atoms with E-state index in [0.717, 1.165) is 24.2 Å². The van der Waals surface area contributed by atoms with Crippen LogP contribution in [0.4, 0.5) is 18.9 Å². The van der Waals surface area contributed by atoms with E-state index in [2.05, 4.69) is 10.6 Å². The summed E-state index contributed by atoms with van der Waals surface area (Å²) in [5.41, 5.74) is 0.873. The van der Waals surface area contributed by atoms with Gasteiger partial charge in [-0.15, -0.1) is 0 Å². The maximum Gasteiger partial charge on any atom is 0.417 e. The van der Waals surface area contributed by atoms with E-state index in [-0.39, 0.29) is 11.1 Å². The molecule has 1 heterocycles. The molecule has 1 atom stereocenters. The van der Waals surface area contributed by atoms with Gasteiger partial charge in [-0.05, 0) is 42.7 Å². The Kier molecular flexibility index (Phi) is 2.80. The lowest BCUT2D eigenvalue weighted by Crippen LogP contribution is -2.62. The predicted molar refractivity (Wildman–Crippen MR) is 75.3 cm³/mol. The molecule has 21 heavy (non-hydrogen) atoms. The first-order valence-electron chi connectivity index (χ1n) is 7.25. The van der Waals surface area contributed by atoms with Gasteiger partial charge in [-0.25, -0.2) is 0 Å². The highest BCUT2D eigenvalue weighted by Crippen LogP contribution is 2.66. The molecular weight excluding hydrogens is 301 g/mol. The zero-order chi connectivity index (χ0) is 14.8. The van der Waals surface area contributed by atoms with Crippen LogP contribution >= 0.6 is 11.6 Å². The Labute approximate surface area is 126 Å². The summed E-state index contributed by atoms with van der Waals surface area (Å²) < 4.78 is 38.8. The minimum absolute atomic E-state index is 0.182. The van der Waals surface area contributed by atoms with Crippen molar-refractivity contribution < 1.29 is 13.2 Å². The minimum atomic E-state index is -4.41. The second-order valence-electron chi connectivity index (χ2n) is 6.62. The van der Waals surface area contributed by atoms with Gasteiger partial charge in [0, 0.05) is 30.4 Å². The van der Waals surface area contributed by atoms with Crippen LogP contribution in [0.1, 0.15) is 30.4 Å². The Bertz CT molecular complexity index is 582. The van der Waals surface area contributed by atoms with Gasteiger partial charge < -0.3 is 10.6 Å². The van der Waals surface area contributed by atoms with Crippen LogP contribution in [0.3, 0.4) is 0 Å². The fourth-order valence-corrected chi connectivity index (χ4v) is 4.41. The van der Waals surface area contributed by atoms with E-state index < -0.39 is 11.7 Å². The molecule has 0 radical (unpaired) electrons. The van der Waals surface area contributed by atoms with Gasteiger partial charge >= 0.3 is 6.18 Å². The lowest BCUT2D eigenvalue weighted by Gasteiger charge is -2.65. The van der Waals surface area contributed by atoms with Crippen LogP contribution in [-0.2, 0) is 12.7 Å². The normalized spacial score (nSPS) is 34.1. The molecule has 5 rings (SSSR count). The van der Waals surface area contributed by atoms with Crippen molar-refractivity contribution in [2.75, 3.05) is 11.9 Å². The molecule has 2 N–H and O–H groups in total. The van der Waals surface area contributed by atoms with Crippen molar-refractivity contribution in [1.82, 2.24) is 5.32 Å². The molecule has 0 amide bonds. The van der Waals surface area contributed by atoms with Crippen LogP contribution < -0.4 is 10.6 Å². The van der Waals surface area contributed by atoms with Crippen molar-refractivity contribution in [3.8, 4) is 0 Å². The second-order valence-corrected chi connectivity index (χ2v) is 7.00. The molecule has 6 heteroatoms. The first kappa shape index (κ1) is 13.7. The van der Waals surface area contributed by atoms with Gasteiger partial charge in [0.05, 0.1) is 10.6 Å². The van der Waals surface area contributed by atoms with Gasteiger partial charge in [0.25, 0.3) is 0 Å². The SMILES string of the molecule is FC(F)(F)c1ccc2c(c1Cl)CNC[C@H](C13CC(C1)C3)N2. The van der Waals surface area contributed by atoms with Gasteiger partial charge in [0.2, 0.25) is 0 Å². The van der Waals surface area contributed by atoms with Crippen LogP contribution in [0.2, 0.25) is 5.02 Å². The first-order chi connectivity index (χ1) is 9.89. The Morgan fingerprint density at radius 3 is 2.48 bits per heavy atom. The zero-order valence-corrected chi connectivity index (χ0v) is 12.1. The van der Waals surface area contributed by atoms with Crippen molar-refractivity contribution in [3.05, 3.63) is 28.3 Å². The highest BCUT2D eigenvalue weighted by molar-refractivity contribution is 6.32. The third kappa shape index (κ3) is 1.97. The van der Waals surface area contributed by atoms with Crippen LogP contribution in [0.5, 0.6) is 0 Å². The molecule has 1 aromatic carbocycles.